The summed E-state index contributed by atoms with van der Waals surface area (Å²) >= 11 is 1.58. The van der Waals surface area contributed by atoms with E-state index in [0.717, 1.165) is 40.9 Å². The summed E-state index contributed by atoms with van der Waals surface area (Å²) in [6, 6.07) is 7.23. The van der Waals surface area contributed by atoms with E-state index in [2.05, 4.69) is 20.7 Å². The molecule has 4 rings (SSSR count). The summed E-state index contributed by atoms with van der Waals surface area (Å²) in [6.07, 6.45) is 4.05. The van der Waals surface area contributed by atoms with E-state index in [1.807, 2.05) is 25.1 Å². The first-order valence-electron chi connectivity index (χ1n) is 9.03. The van der Waals surface area contributed by atoms with Crippen LogP contribution in [0.5, 0.6) is 0 Å². The zero-order chi connectivity index (χ0) is 19.0. The van der Waals surface area contributed by atoms with Gasteiger partial charge in [0.05, 0.1) is 15.2 Å². The molecule has 0 unspecified atom stereocenters. The Balaban J connectivity index is 1.47. The Labute approximate surface area is 160 Å². The van der Waals surface area contributed by atoms with E-state index in [1.165, 1.54) is 4.68 Å². The van der Waals surface area contributed by atoms with Crippen LogP contribution in [0, 0.1) is 12.8 Å². The number of hydrogen-bond donors (Lipinski definition) is 2. The number of benzene rings is 1. The molecule has 2 amide bonds. The second-order valence-electron chi connectivity index (χ2n) is 6.88. The molecule has 8 heteroatoms. The van der Waals surface area contributed by atoms with Gasteiger partial charge >= 0.3 is 0 Å². The van der Waals surface area contributed by atoms with Crippen LogP contribution in [0.3, 0.4) is 0 Å². The lowest BCUT2D eigenvalue weighted by Gasteiger charge is -2.09. The Hall–Kier alpha value is -2.74. The Morgan fingerprint density at radius 1 is 1.19 bits per heavy atom. The molecule has 1 saturated carbocycles. The number of amides is 2. The first-order chi connectivity index (χ1) is 13.0. The molecule has 3 aromatic rings. The molecule has 27 heavy (non-hydrogen) atoms. The number of hydrogen-bond acceptors (Lipinski definition) is 5. The van der Waals surface area contributed by atoms with Gasteiger partial charge < -0.3 is 10.6 Å². The highest BCUT2D eigenvalue weighted by molar-refractivity contribution is 7.18. The Kier molecular flexibility index (Phi) is 4.65. The van der Waals surface area contributed by atoms with Gasteiger partial charge in [0.15, 0.2) is 5.69 Å². The summed E-state index contributed by atoms with van der Waals surface area (Å²) in [4.78, 5) is 29.3. The quantitative estimate of drug-likeness (QED) is 0.719. The van der Waals surface area contributed by atoms with Crippen molar-refractivity contribution in [2.24, 2.45) is 13.0 Å². The van der Waals surface area contributed by atoms with Gasteiger partial charge in [-0.1, -0.05) is 12.8 Å². The summed E-state index contributed by atoms with van der Waals surface area (Å²) in [7, 11) is 1.72. The second kappa shape index (κ2) is 7.11. The Bertz CT molecular complexity index is 1020. The molecule has 1 aromatic carbocycles. The molecule has 2 heterocycles. The zero-order valence-electron chi connectivity index (χ0n) is 15.3. The fourth-order valence-corrected chi connectivity index (χ4v) is 4.29. The highest BCUT2D eigenvalue weighted by Crippen LogP contribution is 2.27. The SMILES string of the molecule is Cc1nc2ccc(NC(=O)c3cc(NC(=O)C4CCCC4)n(C)n3)cc2s1. The average molecular weight is 383 g/mol. The summed E-state index contributed by atoms with van der Waals surface area (Å²) in [5, 5.41) is 11.0. The molecule has 1 fully saturated rings. The number of nitrogens with one attached hydrogen (secondary N) is 2. The van der Waals surface area contributed by atoms with Crippen LogP contribution in [0.2, 0.25) is 0 Å². The van der Waals surface area contributed by atoms with Crippen molar-refractivity contribution in [3.05, 3.63) is 35.0 Å². The van der Waals surface area contributed by atoms with Gasteiger partial charge in [-0.25, -0.2) is 4.98 Å². The highest BCUT2D eigenvalue weighted by Gasteiger charge is 2.24. The molecule has 0 radical (unpaired) electrons. The monoisotopic (exact) mass is 383 g/mol. The number of aromatic nitrogens is 3. The smallest absolute Gasteiger partial charge is 0.276 e. The lowest BCUT2D eigenvalue weighted by atomic mass is 10.1. The standard InChI is InChI=1S/C19H21N5O2S/c1-11-20-14-8-7-13(9-16(14)27-11)21-19(26)15-10-17(24(2)23-15)22-18(25)12-5-3-4-6-12/h7-10,12H,3-6H2,1-2H3,(H,21,26)(H,22,25). The molecule has 0 spiro atoms. The highest BCUT2D eigenvalue weighted by atomic mass is 32.1. The van der Waals surface area contributed by atoms with E-state index in [0.29, 0.717) is 11.5 Å². The van der Waals surface area contributed by atoms with E-state index >= 15 is 0 Å². The normalized spacial score (nSPS) is 14.6. The molecule has 2 N–H and O–H groups in total. The molecule has 1 aliphatic carbocycles. The van der Waals surface area contributed by atoms with Crippen LogP contribution in [0.1, 0.15) is 41.2 Å². The third-order valence-electron chi connectivity index (χ3n) is 4.84. The van der Waals surface area contributed by atoms with Crippen molar-refractivity contribution in [2.45, 2.75) is 32.6 Å². The van der Waals surface area contributed by atoms with Crippen LogP contribution in [-0.2, 0) is 11.8 Å². The van der Waals surface area contributed by atoms with Crippen LogP contribution in [0.15, 0.2) is 24.3 Å². The first-order valence-corrected chi connectivity index (χ1v) is 9.85. The second-order valence-corrected chi connectivity index (χ2v) is 8.11. The summed E-state index contributed by atoms with van der Waals surface area (Å²) < 4.78 is 2.55. The van der Waals surface area contributed by atoms with Gasteiger partial charge in [-0.2, -0.15) is 5.10 Å². The third-order valence-corrected chi connectivity index (χ3v) is 5.78. The van der Waals surface area contributed by atoms with Gasteiger partial charge in [0, 0.05) is 24.7 Å². The third kappa shape index (κ3) is 3.71. The van der Waals surface area contributed by atoms with Crippen molar-refractivity contribution < 1.29 is 9.59 Å². The summed E-state index contributed by atoms with van der Waals surface area (Å²) in [6.45, 7) is 1.96. The van der Waals surface area contributed by atoms with Gasteiger partial charge in [0.25, 0.3) is 5.91 Å². The summed E-state index contributed by atoms with van der Waals surface area (Å²) in [5.41, 5.74) is 1.88. The first kappa shape index (κ1) is 17.7. The van der Waals surface area contributed by atoms with E-state index in [1.54, 1.807) is 24.5 Å². The number of anilines is 2. The molecule has 2 aromatic heterocycles. The minimum Gasteiger partial charge on any atom is -0.321 e. The molecule has 0 atom stereocenters. The number of aryl methyl sites for hydroxylation is 2. The van der Waals surface area contributed by atoms with Crippen molar-refractivity contribution in [3.63, 3.8) is 0 Å². The minimum absolute atomic E-state index is 0.00785. The molecular weight excluding hydrogens is 362 g/mol. The number of carbonyl (C=O) groups is 2. The Morgan fingerprint density at radius 3 is 2.74 bits per heavy atom. The number of nitrogens with zero attached hydrogens (tertiary/aromatic N) is 3. The lowest BCUT2D eigenvalue weighted by molar-refractivity contribution is -0.119. The molecule has 7 nitrogen and oxygen atoms in total. The van der Waals surface area contributed by atoms with Crippen LogP contribution in [0.25, 0.3) is 10.2 Å². The lowest BCUT2D eigenvalue weighted by Crippen LogP contribution is -2.21. The molecule has 1 aliphatic rings. The maximum atomic E-state index is 12.6. The van der Waals surface area contributed by atoms with Gasteiger partial charge in [-0.05, 0) is 38.0 Å². The van der Waals surface area contributed by atoms with Gasteiger partial charge in [0.1, 0.15) is 5.82 Å². The van der Waals surface area contributed by atoms with Crippen molar-refractivity contribution in [2.75, 3.05) is 10.6 Å². The van der Waals surface area contributed by atoms with E-state index in [4.69, 9.17) is 0 Å². The van der Waals surface area contributed by atoms with Crippen LogP contribution in [0.4, 0.5) is 11.5 Å². The van der Waals surface area contributed by atoms with Crippen molar-refractivity contribution >= 4 is 44.9 Å². The maximum Gasteiger partial charge on any atom is 0.276 e. The molecule has 140 valence electrons. The van der Waals surface area contributed by atoms with Gasteiger partial charge in [-0.3, -0.25) is 14.3 Å². The van der Waals surface area contributed by atoms with E-state index in [9.17, 15) is 9.59 Å². The van der Waals surface area contributed by atoms with Crippen molar-refractivity contribution in [3.8, 4) is 0 Å². The van der Waals surface area contributed by atoms with Gasteiger partial charge in [0.2, 0.25) is 5.91 Å². The fraction of sp³-hybridized carbons (Fsp3) is 0.368. The maximum absolute atomic E-state index is 12.6. The molecule has 0 bridgehead atoms. The predicted octanol–water partition coefficient (Wildman–Crippen LogP) is 3.72. The molecule has 0 saturated heterocycles. The molecular formula is C19H21N5O2S. The number of carbonyl (C=O) groups excluding carboxylic acids is 2. The predicted molar refractivity (Wildman–Crippen MR) is 106 cm³/mol. The van der Waals surface area contributed by atoms with E-state index in [-0.39, 0.29) is 23.4 Å². The topological polar surface area (TPSA) is 88.9 Å². The van der Waals surface area contributed by atoms with Crippen molar-refractivity contribution in [1.82, 2.24) is 14.8 Å². The zero-order valence-corrected chi connectivity index (χ0v) is 16.1. The van der Waals surface area contributed by atoms with Gasteiger partial charge in [-0.15, -0.1) is 11.3 Å². The Morgan fingerprint density at radius 2 is 1.96 bits per heavy atom. The van der Waals surface area contributed by atoms with Crippen molar-refractivity contribution in [1.29, 1.82) is 0 Å². The number of rotatable bonds is 4. The van der Waals surface area contributed by atoms with Crippen LogP contribution >= 0.6 is 11.3 Å². The minimum atomic E-state index is -0.312. The van der Waals surface area contributed by atoms with E-state index < -0.39 is 0 Å². The fourth-order valence-electron chi connectivity index (χ4n) is 3.42. The number of thiazole rings is 1. The number of fused-ring (bicyclic) bond motifs is 1. The van der Waals surface area contributed by atoms with Crippen LogP contribution < -0.4 is 10.6 Å². The van der Waals surface area contributed by atoms with Crippen LogP contribution in [-0.4, -0.2) is 26.6 Å². The average Bonchev–Trinajstić information content (AvgIpc) is 3.34. The summed E-state index contributed by atoms with van der Waals surface area (Å²) in [5.74, 6) is 0.290. The largest absolute Gasteiger partial charge is 0.321 e. The molecule has 0 aliphatic heterocycles.